The Labute approximate surface area is 276 Å². The van der Waals surface area contributed by atoms with Gasteiger partial charge in [-0.05, 0) is 66.8 Å². The van der Waals surface area contributed by atoms with Crippen LogP contribution in [0.3, 0.4) is 0 Å². The van der Waals surface area contributed by atoms with Gasteiger partial charge in [-0.25, -0.2) is 4.79 Å². The van der Waals surface area contributed by atoms with Crippen LogP contribution < -0.4 is 4.74 Å². The first kappa shape index (κ1) is 33.4. The third-order valence-corrected chi connectivity index (χ3v) is 9.67. The lowest BCUT2D eigenvalue weighted by molar-refractivity contribution is -0.277. The predicted octanol–water partition coefficient (Wildman–Crippen LogP) is 3.91. The number of carboxylic acid groups (broad SMARTS) is 1. The van der Waals surface area contributed by atoms with Crippen molar-refractivity contribution in [2.45, 2.75) is 75.1 Å². The third-order valence-electron chi connectivity index (χ3n) is 9.67. The highest BCUT2D eigenvalue weighted by molar-refractivity contribution is 6.11. The van der Waals surface area contributed by atoms with Crippen LogP contribution >= 0.6 is 0 Å². The molecule has 1 fully saturated rings. The number of carbonyl (C=O) groups excluding carboxylic acids is 1. The molecule has 0 spiro atoms. The van der Waals surface area contributed by atoms with E-state index in [-0.39, 0.29) is 51.5 Å². The van der Waals surface area contributed by atoms with Crippen molar-refractivity contribution in [1.82, 2.24) is 0 Å². The fourth-order valence-electron chi connectivity index (χ4n) is 7.13. The van der Waals surface area contributed by atoms with Gasteiger partial charge in [0.2, 0.25) is 6.29 Å². The summed E-state index contributed by atoms with van der Waals surface area (Å²) < 4.78 is 11.2. The molecular formula is C37H38O11. The van der Waals surface area contributed by atoms with Gasteiger partial charge < -0.3 is 45.2 Å². The van der Waals surface area contributed by atoms with Gasteiger partial charge in [0.25, 0.3) is 0 Å². The quantitative estimate of drug-likeness (QED) is 0.102. The topological polar surface area (TPSA) is 194 Å². The number of ketones is 1. The lowest BCUT2D eigenvalue weighted by atomic mass is 9.72. The largest absolute Gasteiger partial charge is 0.507 e. The third kappa shape index (κ3) is 6.11. The number of rotatable bonds is 9. The smallest absolute Gasteiger partial charge is 0.335 e. The molecule has 0 bridgehead atoms. The summed E-state index contributed by atoms with van der Waals surface area (Å²) in [6, 6.07) is 20.4. The molecule has 0 amide bonds. The van der Waals surface area contributed by atoms with Gasteiger partial charge in [-0.15, -0.1) is 0 Å². The summed E-state index contributed by atoms with van der Waals surface area (Å²) in [5, 5.41) is 73.0. The van der Waals surface area contributed by atoms with Crippen LogP contribution in [-0.2, 0) is 11.2 Å². The first-order chi connectivity index (χ1) is 23.0. The maximum Gasteiger partial charge on any atom is 0.335 e. The minimum atomic E-state index is -1.84. The molecule has 7 unspecified atom stereocenters. The van der Waals surface area contributed by atoms with Gasteiger partial charge in [0, 0.05) is 17.4 Å². The van der Waals surface area contributed by atoms with Crippen LogP contribution in [0, 0.1) is 6.92 Å². The van der Waals surface area contributed by atoms with E-state index in [1.165, 1.54) is 18.1 Å². The van der Waals surface area contributed by atoms with Crippen LogP contribution in [0.1, 0.15) is 74.1 Å². The number of phenolic OH excluding ortho intramolecular Hbond substituents is 2. The number of aromatic hydroxyl groups is 2. The second-order valence-corrected chi connectivity index (χ2v) is 12.6. The van der Waals surface area contributed by atoms with Crippen molar-refractivity contribution in [1.29, 1.82) is 0 Å². The normalized spacial score (nSPS) is 25.4. The predicted molar refractivity (Wildman–Crippen MR) is 174 cm³/mol. The van der Waals surface area contributed by atoms with Crippen molar-refractivity contribution in [2.75, 3.05) is 6.61 Å². The van der Waals surface area contributed by atoms with Crippen LogP contribution in [0.15, 0.2) is 66.7 Å². The number of phenols is 2. The lowest BCUT2D eigenvalue weighted by Crippen LogP contribution is -2.60. The highest BCUT2D eigenvalue weighted by Crippen LogP contribution is 2.47. The average Bonchev–Trinajstić information content (AvgIpc) is 3.08. The van der Waals surface area contributed by atoms with E-state index in [0.717, 1.165) is 37.0 Å². The number of carboxylic acids is 1. The molecule has 2 aliphatic rings. The highest BCUT2D eigenvalue weighted by Gasteiger charge is 2.45. The number of ether oxygens (including phenoxy) is 2. The van der Waals surface area contributed by atoms with Crippen molar-refractivity contribution in [3.8, 4) is 17.2 Å². The second kappa shape index (κ2) is 13.5. The second-order valence-electron chi connectivity index (χ2n) is 12.6. The Morgan fingerprint density at radius 1 is 0.854 bits per heavy atom. The van der Waals surface area contributed by atoms with Gasteiger partial charge in [-0.2, -0.15) is 0 Å². The van der Waals surface area contributed by atoms with Crippen molar-refractivity contribution in [3.63, 3.8) is 0 Å². The van der Waals surface area contributed by atoms with E-state index in [2.05, 4.69) is 18.2 Å². The number of aromatic carboxylic acids is 1. The number of benzene rings is 4. The molecule has 1 aliphatic carbocycles. The molecule has 1 aliphatic heterocycles. The summed E-state index contributed by atoms with van der Waals surface area (Å²) in [6.07, 6.45) is -5.87. The molecule has 6 rings (SSSR count). The van der Waals surface area contributed by atoms with Crippen molar-refractivity contribution in [3.05, 3.63) is 100 Å². The SMILES string of the molecule is Cc1c(C(=O)CC2CCC(Cc3ccccc3)c3ccccc32)c(O)c2c(OC3OC(CO)C(O)C(O)C3O)cc(C(=O)O)cc2c1O. The van der Waals surface area contributed by atoms with E-state index >= 15 is 0 Å². The van der Waals surface area contributed by atoms with Gasteiger partial charge in [-0.1, -0.05) is 54.6 Å². The van der Waals surface area contributed by atoms with Gasteiger partial charge in [-0.3, -0.25) is 4.79 Å². The number of aliphatic hydroxyl groups is 4. The minimum Gasteiger partial charge on any atom is -0.507 e. The summed E-state index contributed by atoms with van der Waals surface area (Å²) >= 11 is 0. The number of fused-ring (bicyclic) bond motifs is 2. The molecule has 48 heavy (non-hydrogen) atoms. The molecule has 1 saturated heterocycles. The van der Waals surface area contributed by atoms with E-state index in [4.69, 9.17) is 9.47 Å². The van der Waals surface area contributed by atoms with E-state index in [0.29, 0.717) is 0 Å². The molecule has 252 valence electrons. The molecule has 7 N–H and O–H groups in total. The molecule has 0 aromatic heterocycles. The summed E-state index contributed by atoms with van der Waals surface area (Å²) in [5.41, 5.74) is 3.00. The van der Waals surface area contributed by atoms with Crippen LogP contribution in [0.25, 0.3) is 10.8 Å². The zero-order valence-corrected chi connectivity index (χ0v) is 26.2. The fourth-order valence-corrected chi connectivity index (χ4v) is 7.13. The summed E-state index contributed by atoms with van der Waals surface area (Å²) in [7, 11) is 0. The molecule has 11 heteroatoms. The molecule has 0 saturated carbocycles. The molecular weight excluding hydrogens is 620 g/mol. The van der Waals surface area contributed by atoms with Crippen molar-refractivity contribution >= 4 is 22.5 Å². The summed E-state index contributed by atoms with van der Waals surface area (Å²) in [6.45, 7) is 0.722. The van der Waals surface area contributed by atoms with Crippen molar-refractivity contribution in [2.24, 2.45) is 0 Å². The molecule has 4 aromatic rings. The van der Waals surface area contributed by atoms with E-state index in [1.54, 1.807) is 0 Å². The lowest BCUT2D eigenvalue weighted by Gasteiger charge is -2.39. The number of carbonyl (C=O) groups is 2. The Bertz CT molecular complexity index is 1840. The summed E-state index contributed by atoms with van der Waals surface area (Å²) in [5.74, 6) is -3.09. The van der Waals surface area contributed by atoms with Crippen LogP contribution in [-0.4, -0.2) is 84.8 Å². The van der Waals surface area contributed by atoms with E-state index in [9.17, 15) is 45.3 Å². The summed E-state index contributed by atoms with van der Waals surface area (Å²) in [4.78, 5) is 26.1. The number of aliphatic hydroxyl groups excluding tert-OH is 4. The first-order valence-electron chi connectivity index (χ1n) is 15.9. The van der Waals surface area contributed by atoms with Crippen LogP contribution in [0.4, 0.5) is 0 Å². The first-order valence-corrected chi connectivity index (χ1v) is 15.9. The Morgan fingerprint density at radius 3 is 2.17 bits per heavy atom. The average molecular weight is 659 g/mol. The van der Waals surface area contributed by atoms with Gasteiger partial charge in [0.05, 0.1) is 23.1 Å². The molecule has 7 atom stereocenters. The van der Waals surface area contributed by atoms with E-state index in [1.807, 2.05) is 36.4 Å². The zero-order valence-electron chi connectivity index (χ0n) is 26.2. The standard InChI is InChI=1S/C37H38O11/c1-18-29(26(39)15-21-12-11-20(13-19-7-3-2-4-8-19)23-9-5-6-10-24(21)23)33(42)30-25(31(18)40)14-22(36(45)46)16-27(30)47-37-35(44)34(43)32(41)28(17-38)48-37/h2-10,14,16,20-21,28,32,34-35,37-38,40-44H,11-13,15,17H2,1H3,(H,45,46). The fraction of sp³-hybridized carbons (Fsp3) is 0.351. The molecule has 4 aromatic carbocycles. The maximum absolute atomic E-state index is 14.1. The van der Waals surface area contributed by atoms with Gasteiger partial charge in [0.15, 0.2) is 5.78 Å². The van der Waals surface area contributed by atoms with Crippen molar-refractivity contribution < 1.29 is 54.8 Å². The van der Waals surface area contributed by atoms with Crippen LogP contribution in [0.5, 0.6) is 17.2 Å². The monoisotopic (exact) mass is 658 g/mol. The van der Waals surface area contributed by atoms with E-state index < -0.39 is 60.6 Å². The molecule has 0 radical (unpaired) electrons. The Hall–Kier alpha value is -4.52. The van der Waals surface area contributed by atoms with Crippen LogP contribution in [0.2, 0.25) is 0 Å². The molecule has 1 heterocycles. The number of Topliss-reactive ketones (excluding diaryl/α,β-unsaturated/α-hetero) is 1. The van der Waals surface area contributed by atoms with Gasteiger partial charge >= 0.3 is 5.97 Å². The highest BCUT2D eigenvalue weighted by atomic mass is 16.7. The number of hydrogen-bond donors (Lipinski definition) is 7. The maximum atomic E-state index is 14.1. The number of hydrogen-bond acceptors (Lipinski definition) is 10. The minimum absolute atomic E-state index is 0.0323. The van der Waals surface area contributed by atoms with Gasteiger partial charge in [0.1, 0.15) is 41.7 Å². The molecule has 11 nitrogen and oxygen atoms in total. The Balaban J connectivity index is 1.36. The zero-order chi connectivity index (χ0) is 34.3. The Kier molecular flexibility index (Phi) is 9.41. The Morgan fingerprint density at radius 2 is 1.50 bits per heavy atom.